The quantitative estimate of drug-likeness (QED) is 0.259. The Morgan fingerprint density at radius 3 is 2.54 bits per heavy atom. The number of rotatable bonds is 8. The topological polar surface area (TPSA) is 58.5 Å². The van der Waals surface area contributed by atoms with Gasteiger partial charge in [0.1, 0.15) is 11.6 Å². The zero-order valence-electron chi connectivity index (χ0n) is 14.0. The number of aromatic nitrogens is 1. The third-order valence-electron chi connectivity index (χ3n) is 2.81. The lowest BCUT2D eigenvalue weighted by Gasteiger charge is -2.11. The van der Waals surface area contributed by atoms with Crippen LogP contribution in [0.2, 0.25) is 0 Å². The standard InChI is InChI=1S/C14H23F3N4OS.HI/c1-4-18-13(19-6-5-7-22-9-14(15,16)17)20-8-12-21-10(2)11(3)23-12;/h4-9H2,1-3H3,(H2,18,19,20);1H. The Morgan fingerprint density at radius 2 is 2.00 bits per heavy atom. The number of ether oxygens (including phenoxy) is 1. The minimum atomic E-state index is -4.27. The van der Waals surface area contributed by atoms with Crippen LogP contribution < -0.4 is 10.6 Å². The molecule has 2 N–H and O–H groups in total. The molecule has 140 valence electrons. The van der Waals surface area contributed by atoms with Crippen molar-refractivity contribution < 1.29 is 17.9 Å². The number of alkyl halides is 3. The van der Waals surface area contributed by atoms with Crippen molar-refractivity contribution in [2.75, 3.05) is 26.3 Å². The van der Waals surface area contributed by atoms with E-state index in [1.54, 1.807) is 11.3 Å². The maximum atomic E-state index is 11.9. The van der Waals surface area contributed by atoms with Crippen molar-refractivity contribution in [1.29, 1.82) is 0 Å². The van der Waals surface area contributed by atoms with Crippen LogP contribution in [0.3, 0.4) is 0 Å². The highest BCUT2D eigenvalue weighted by Crippen LogP contribution is 2.17. The third-order valence-corrected chi connectivity index (χ3v) is 3.87. The summed E-state index contributed by atoms with van der Waals surface area (Å²) >= 11 is 1.61. The van der Waals surface area contributed by atoms with Crippen molar-refractivity contribution in [1.82, 2.24) is 15.6 Å². The summed E-state index contributed by atoms with van der Waals surface area (Å²) < 4.78 is 40.3. The van der Waals surface area contributed by atoms with E-state index in [0.29, 0.717) is 32.0 Å². The summed E-state index contributed by atoms with van der Waals surface area (Å²) in [4.78, 5) is 10.0. The van der Waals surface area contributed by atoms with Crippen molar-refractivity contribution in [2.24, 2.45) is 4.99 Å². The largest absolute Gasteiger partial charge is 0.411 e. The lowest BCUT2D eigenvalue weighted by atomic mass is 10.4. The van der Waals surface area contributed by atoms with Gasteiger partial charge in [0.25, 0.3) is 0 Å². The molecule has 0 radical (unpaired) electrons. The van der Waals surface area contributed by atoms with E-state index in [-0.39, 0.29) is 30.6 Å². The number of guanidine groups is 1. The summed E-state index contributed by atoms with van der Waals surface area (Å²) in [6.07, 6.45) is -3.80. The van der Waals surface area contributed by atoms with Gasteiger partial charge in [0, 0.05) is 24.6 Å². The highest BCUT2D eigenvalue weighted by Gasteiger charge is 2.27. The fraction of sp³-hybridized carbons (Fsp3) is 0.714. The van der Waals surface area contributed by atoms with E-state index in [4.69, 9.17) is 0 Å². The van der Waals surface area contributed by atoms with E-state index < -0.39 is 12.8 Å². The highest BCUT2D eigenvalue weighted by atomic mass is 127. The van der Waals surface area contributed by atoms with Gasteiger partial charge in [0.15, 0.2) is 5.96 Å². The number of hydrogen-bond donors (Lipinski definition) is 2. The first kappa shape index (κ1) is 23.4. The van der Waals surface area contributed by atoms with Crippen molar-refractivity contribution in [3.8, 4) is 0 Å². The molecule has 5 nitrogen and oxygen atoms in total. The van der Waals surface area contributed by atoms with Crippen molar-refractivity contribution >= 4 is 41.3 Å². The molecule has 0 atom stereocenters. The second-order valence-electron chi connectivity index (χ2n) is 4.89. The number of nitrogens with one attached hydrogen (secondary N) is 2. The monoisotopic (exact) mass is 480 g/mol. The summed E-state index contributed by atoms with van der Waals surface area (Å²) in [7, 11) is 0. The van der Waals surface area contributed by atoms with Gasteiger partial charge in [-0.1, -0.05) is 0 Å². The molecular weight excluding hydrogens is 456 g/mol. The number of nitrogens with zero attached hydrogens (tertiary/aromatic N) is 2. The van der Waals surface area contributed by atoms with Gasteiger partial charge in [-0.05, 0) is 27.2 Å². The predicted molar refractivity (Wildman–Crippen MR) is 101 cm³/mol. The molecule has 1 aromatic heterocycles. The molecule has 0 unspecified atom stereocenters. The van der Waals surface area contributed by atoms with Gasteiger partial charge in [-0.15, -0.1) is 35.3 Å². The van der Waals surface area contributed by atoms with Crippen LogP contribution in [0.1, 0.15) is 28.9 Å². The van der Waals surface area contributed by atoms with Gasteiger partial charge >= 0.3 is 6.18 Å². The molecule has 1 rings (SSSR count). The number of aliphatic imine (C=N–C) groups is 1. The van der Waals surface area contributed by atoms with Crippen LogP contribution in [0.15, 0.2) is 4.99 Å². The van der Waals surface area contributed by atoms with Gasteiger partial charge in [-0.3, -0.25) is 0 Å². The van der Waals surface area contributed by atoms with Crippen molar-refractivity contribution in [3.05, 3.63) is 15.6 Å². The van der Waals surface area contributed by atoms with Crippen LogP contribution in [-0.4, -0.2) is 43.4 Å². The number of thiazole rings is 1. The van der Waals surface area contributed by atoms with Crippen LogP contribution in [0.25, 0.3) is 0 Å². The maximum Gasteiger partial charge on any atom is 0.411 e. The maximum absolute atomic E-state index is 11.9. The molecule has 0 spiro atoms. The fourth-order valence-electron chi connectivity index (χ4n) is 1.66. The van der Waals surface area contributed by atoms with E-state index in [2.05, 4.69) is 25.3 Å². The molecule has 0 fully saturated rings. The van der Waals surface area contributed by atoms with Crippen LogP contribution >= 0.6 is 35.3 Å². The minimum absolute atomic E-state index is 0. The van der Waals surface area contributed by atoms with Gasteiger partial charge in [0.05, 0.1) is 12.2 Å². The predicted octanol–water partition coefficient (Wildman–Crippen LogP) is 3.40. The first-order chi connectivity index (χ1) is 10.8. The second kappa shape index (κ2) is 11.9. The van der Waals surface area contributed by atoms with Gasteiger partial charge in [-0.2, -0.15) is 13.2 Å². The number of hydrogen-bond acceptors (Lipinski definition) is 4. The average Bonchev–Trinajstić information content (AvgIpc) is 2.77. The first-order valence-electron chi connectivity index (χ1n) is 7.41. The second-order valence-corrected chi connectivity index (χ2v) is 6.18. The number of halogens is 4. The Balaban J connectivity index is 0.00000529. The summed E-state index contributed by atoms with van der Waals surface area (Å²) in [5.74, 6) is 0.619. The molecular formula is C14H24F3IN4OS. The zero-order valence-corrected chi connectivity index (χ0v) is 17.1. The van der Waals surface area contributed by atoms with E-state index in [1.165, 1.54) is 4.88 Å². The number of aryl methyl sites for hydroxylation is 2. The summed E-state index contributed by atoms with van der Waals surface area (Å²) in [5.41, 5.74) is 1.01. The average molecular weight is 480 g/mol. The van der Waals surface area contributed by atoms with Crippen LogP contribution in [0.5, 0.6) is 0 Å². The normalized spacial score (nSPS) is 12.0. The third kappa shape index (κ3) is 10.3. The van der Waals surface area contributed by atoms with Crippen LogP contribution in [-0.2, 0) is 11.3 Å². The van der Waals surface area contributed by atoms with Gasteiger partial charge < -0.3 is 15.4 Å². The van der Waals surface area contributed by atoms with Crippen LogP contribution in [0, 0.1) is 13.8 Å². The molecule has 10 heteroatoms. The zero-order chi connectivity index (χ0) is 17.3. The smallest absolute Gasteiger partial charge is 0.372 e. The van der Waals surface area contributed by atoms with E-state index in [1.807, 2.05) is 20.8 Å². The molecule has 0 aliphatic rings. The molecule has 0 bridgehead atoms. The lowest BCUT2D eigenvalue weighted by molar-refractivity contribution is -0.173. The minimum Gasteiger partial charge on any atom is -0.372 e. The van der Waals surface area contributed by atoms with Crippen molar-refractivity contribution in [3.63, 3.8) is 0 Å². The first-order valence-corrected chi connectivity index (χ1v) is 8.23. The molecule has 0 saturated heterocycles. The summed E-state index contributed by atoms with van der Waals surface area (Å²) in [5, 5.41) is 7.08. The van der Waals surface area contributed by atoms with E-state index in [0.717, 1.165) is 10.7 Å². The van der Waals surface area contributed by atoms with Gasteiger partial charge in [0.2, 0.25) is 0 Å². The highest BCUT2D eigenvalue weighted by molar-refractivity contribution is 14.0. The van der Waals surface area contributed by atoms with Crippen LogP contribution in [0.4, 0.5) is 13.2 Å². The molecule has 0 amide bonds. The SMILES string of the molecule is CCNC(=NCc1nc(C)c(C)s1)NCCCOCC(F)(F)F.I. The molecule has 0 saturated carbocycles. The molecule has 24 heavy (non-hydrogen) atoms. The Morgan fingerprint density at radius 1 is 1.29 bits per heavy atom. The van der Waals surface area contributed by atoms with Gasteiger partial charge in [-0.25, -0.2) is 9.98 Å². The van der Waals surface area contributed by atoms with E-state index in [9.17, 15) is 13.2 Å². The summed E-state index contributed by atoms with van der Waals surface area (Å²) in [6.45, 7) is 6.43. The Kier molecular flexibility index (Phi) is 11.5. The Bertz CT molecular complexity index is 489. The molecule has 0 aliphatic carbocycles. The Labute approximate surface area is 161 Å². The molecule has 0 aromatic carbocycles. The molecule has 1 heterocycles. The van der Waals surface area contributed by atoms with E-state index >= 15 is 0 Å². The Hall–Kier alpha value is -0.620. The lowest BCUT2D eigenvalue weighted by Crippen LogP contribution is -2.38. The molecule has 1 aromatic rings. The van der Waals surface area contributed by atoms with Crippen molar-refractivity contribution in [2.45, 2.75) is 39.9 Å². The summed E-state index contributed by atoms with van der Waals surface area (Å²) in [6, 6.07) is 0. The molecule has 0 aliphatic heterocycles. The fourth-order valence-corrected chi connectivity index (χ4v) is 2.52.